The van der Waals surface area contributed by atoms with Crippen LogP contribution in [-0.2, 0) is 0 Å². The maximum atomic E-state index is 9.00. The standard InChI is InChI=1S/C12H25NO/c1-11(2,3)9-13-10-12(7-8-14)5-4-6-12/h13-14H,4-10H2,1-3H3. The second-order valence-electron chi connectivity index (χ2n) is 5.99. The van der Waals surface area contributed by atoms with Crippen molar-refractivity contribution in [3.63, 3.8) is 0 Å². The van der Waals surface area contributed by atoms with Gasteiger partial charge in [0.15, 0.2) is 0 Å². The molecule has 84 valence electrons. The molecule has 2 nitrogen and oxygen atoms in total. The summed E-state index contributed by atoms with van der Waals surface area (Å²) in [6.45, 7) is 9.25. The molecule has 1 aliphatic rings. The average Bonchev–Trinajstić information content (AvgIpc) is 1.97. The molecule has 0 bridgehead atoms. The topological polar surface area (TPSA) is 32.3 Å². The molecule has 0 spiro atoms. The van der Waals surface area contributed by atoms with Crippen LogP contribution >= 0.6 is 0 Å². The molecule has 0 aromatic heterocycles. The van der Waals surface area contributed by atoms with Gasteiger partial charge in [0.2, 0.25) is 0 Å². The molecule has 0 saturated heterocycles. The first kappa shape index (κ1) is 12.0. The van der Waals surface area contributed by atoms with E-state index in [2.05, 4.69) is 26.1 Å². The maximum absolute atomic E-state index is 9.00. The zero-order chi connectivity index (χ0) is 10.7. The lowest BCUT2D eigenvalue weighted by atomic mass is 9.66. The Balaban J connectivity index is 2.21. The van der Waals surface area contributed by atoms with E-state index in [4.69, 9.17) is 5.11 Å². The molecule has 1 aliphatic carbocycles. The van der Waals surface area contributed by atoms with Crippen molar-refractivity contribution in [2.75, 3.05) is 19.7 Å². The summed E-state index contributed by atoms with van der Waals surface area (Å²) in [5.41, 5.74) is 0.796. The quantitative estimate of drug-likeness (QED) is 0.711. The number of nitrogens with one attached hydrogen (secondary N) is 1. The van der Waals surface area contributed by atoms with Gasteiger partial charge in [0, 0.05) is 19.7 Å². The van der Waals surface area contributed by atoms with E-state index in [0.717, 1.165) is 19.5 Å². The third kappa shape index (κ3) is 3.58. The van der Waals surface area contributed by atoms with Gasteiger partial charge in [0.1, 0.15) is 0 Å². The maximum Gasteiger partial charge on any atom is 0.0436 e. The molecule has 0 aromatic carbocycles. The van der Waals surface area contributed by atoms with E-state index < -0.39 is 0 Å². The summed E-state index contributed by atoms with van der Waals surface area (Å²) in [7, 11) is 0. The second-order valence-corrected chi connectivity index (χ2v) is 5.99. The minimum absolute atomic E-state index is 0.344. The summed E-state index contributed by atoms with van der Waals surface area (Å²) >= 11 is 0. The molecule has 0 radical (unpaired) electrons. The molecule has 1 saturated carbocycles. The van der Waals surface area contributed by atoms with Crippen LogP contribution in [0.1, 0.15) is 46.5 Å². The molecule has 0 amide bonds. The van der Waals surface area contributed by atoms with E-state index in [9.17, 15) is 0 Å². The fourth-order valence-electron chi connectivity index (χ4n) is 2.13. The lowest BCUT2D eigenvalue weighted by molar-refractivity contribution is 0.0836. The van der Waals surface area contributed by atoms with Gasteiger partial charge in [-0.25, -0.2) is 0 Å². The highest BCUT2D eigenvalue weighted by Gasteiger charge is 2.35. The molecular weight excluding hydrogens is 174 g/mol. The van der Waals surface area contributed by atoms with Crippen molar-refractivity contribution in [3.8, 4) is 0 Å². The lowest BCUT2D eigenvalue weighted by Crippen LogP contribution is -2.42. The van der Waals surface area contributed by atoms with Crippen LogP contribution in [0, 0.1) is 10.8 Å². The molecule has 0 unspecified atom stereocenters. The van der Waals surface area contributed by atoms with Gasteiger partial charge in [-0.05, 0) is 30.1 Å². The lowest BCUT2D eigenvalue weighted by Gasteiger charge is -2.42. The summed E-state index contributed by atoms with van der Waals surface area (Å²) < 4.78 is 0. The van der Waals surface area contributed by atoms with E-state index in [1.54, 1.807) is 0 Å². The van der Waals surface area contributed by atoms with Gasteiger partial charge in [-0.15, -0.1) is 0 Å². The van der Waals surface area contributed by atoms with Gasteiger partial charge in [-0.2, -0.15) is 0 Å². The van der Waals surface area contributed by atoms with Crippen molar-refractivity contribution in [2.45, 2.75) is 46.5 Å². The molecule has 0 atom stereocenters. The molecule has 0 aliphatic heterocycles. The minimum atomic E-state index is 0.344. The first-order valence-electron chi connectivity index (χ1n) is 5.79. The zero-order valence-electron chi connectivity index (χ0n) is 9.90. The van der Waals surface area contributed by atoms with Crippen molar-refractivity contribution >= 4 is 0 Å². The summed E-state index contributed by atoms with van der Waals surface area (Å²) in [5.74, 6) is 0. The second kappa shape index (κ2) is 4.63. The third-order valence-electron chi connectivity index (χ3n) is 3.21. The first-order valence-corrected chi connectivity index (χ1v) is 5.79. The molecule has 1 fully saturated rings. The molecule has 0 heterocycles. The fourth-order valence-corrected chi connectivity index (χ4v) is 2.13. The third-order valence-corrected chi connectivity index (χ3v) is 3.21. The Morgan fingerprint density at radius 2 is 1.93 bits per heavy atom. The van der Waals surface area contributed by atoms with E-state index in [0.29, 0.717) is 17.4 Å². The van der Waals surface area contributed by atoms with E-state index in [1.807, 2.05) is 0 Å². The molecule has 2 heteroatoms. The normalized spacial score (nSPS) is 20.6. The highest BCUT2D eigenvalue weighted by atomic mass is 16.3. The highest BCUT2D eigenvalue weighted by Crippen LogP contribution is 2.43. The van der Waals surface area contributed by atoms with Crippen molar-refractivity contribution in [3.05, 3.63) is 0 Å². The predicted molar refractivity (Wildman–Crippen MR) is 60.3 cm³/mol. The molecule has 14 heavy (non-hydrogen) atoms. The van der Waals surface area contributed by atoms with Gasteiger partial charge < -0.3 is 10.4 Å². The molecular formula is C12H25NO. The Morgan fingerprint density at radius 3 is 2.29 bits per heavy atom. The first-order chi connectivity index (χ1) is 6.47. The van der Waals surface area contributed by atoms with Crippen LogP contribution in [0.25, 0.3) is 0 Å². The number of hydrogen-bond donors (Lipinski definition) is 2. The highest BCUT2D eigenvalue weighted by molar-refractivity contribution is 4.89. The van der Waals surface area contributed by atoms with E-state index in [1.165, 1.54) is 19.3 Å². The number of aliphatic hydroxyl groups excluding tert-OH is 1. The number of hydrogen-bond acceptors (Lipinski definition) is 2. The van der Waals surface area contributed by atoms with Crippen molar-refractivity contribution in [1.29, 1.82) is 0 Å². The molecule has 0 aromatic rings. The summed E-state index contributed by atoms with van der Waals surface area (Å²) in [6, 6.07) is 0. The number of aliphatic hydroxyl groups is 1. The van der Waals surface area contributed by atoms with Crippen LogP contribution in [0.15, 0.2) is 0 Å². The molecule has 1 rings (SSSR count). The summed E-state index contributed by atoms with van der Waals surface area (Å²) in [4.78, 5) is 0. The van der Waals surface area contributed by atoms with E-state index >= 15 is 0 Å². The van der Waals surface area contributed by atoms with Crippen LogP contribution in [0.4, 0.5) is 0 Å². The van der Waals surface area contributed by atoms with Crippen LogP contribution in [-0.4, -0.2) is 24.8 Å². The van der Waals surface area contributed by atoms with Gasteiger partial charge >= 0.3 is 0 Å². The van der Waals surface area contributed by atoms with Crippen LogP contribution in [0.2, 0.25) is 0 Å². The fraction of sp³-hybridized carbons (Fsp3) is 1.00. The summed E-state index contributed by atoms with van der Waals surface area (Å²) in [5, 5.41) is 12.5. The van der Waals surface area contributed by atoms with Crippen molar-refractivity contribution in [2.24, 2.45) is 10.8 Å². The Kier molecular flexibility index (Phi) is 3.96. The Bertz CT molecular complexity index is 168. The van der Waals surface area contributed by atoms with Crippen molar-refractivity contribution in [1.82, 2.24) is 5.32 Å². The van der Waals surface area contributed by atoms with Gasteiger partial charge in [0.25, 0.3) is 0 Å². The zero-order valence-corrected chi connectivity index (χ0v) is 9.90. The SMILES string of the molecule is CC(C)(C)CNCC1(CCO)CCC1. The average molecular weight is 199 g/mol. The monoisotopic (exact) mass is 199 g/mol. The smallest absolute Gasteiger partial charge is 0.0436 e. The van der Waals surface area contributed by atoms with Crippen LogP contribution in [0.3, 0.4) is 0 Å². The predicted octanol–water partition coefficient (Wildman–Crippen LogP) is 2.17. The Labute approximate surface area is 88.1 Å². The summed E-state index contributed by atoms with van der Waals surface area (Å²) in [6.07, 6.45) is 4.91. The number of rotatable bonds is 5. The van der Waals surface area contributed by atoms with Gasteiger partial charge in [0.05, 0.1) is 0 Å². The Hall–Kier alpha value is -0.0800. The van der Waals surface area contributed by atoms with Crippen molar-refractivity contribution < 1.29 is 5.11 Å². The van der Waals surface area contributed by atoms with Crippen LogP contribution in [0.5, 0.6) is 0 Å². The van der Waals surface area contributed by atoms with Gasteiger partial charge in [-0.3, -0.25) is 0 Å². The van der Waals surface area contributed by atoms with Crippen LogP contribution < -0.4 is 5.32 Å². The van der Waals surface area contributed by atoms with Gasteiger partial charge in [-0.1, -0.05) is 27.2 Å². The van der Waals surface area contributed by atoms with E-state index in [-0.39, 0.29) is 0 Å². The molecule has 2 N–H and O–H groups in total. The minimum Gasteiger partial charge on any atom is -0.396 e. The largest absolute Gasteiger partial charge is 0.396 e. The Morgan fingerprint density at radius 1 is 1.29 bits per heavy atom.